The van der Waals surface area contributed by atoms with E-state index in [1.165, 1.54) is 0 Å². The fourth-order valence-corrected chi connectivity index (χ4v) is 3.53. The number of hydrogen-bond donors (Lipinski definition) is 0. The van der Waals surface area contributed by atoms with Crippen LogP contribution in [0.25, 0.3) is 5.65 Å². The number of aromatic nitrogens is 4. The van der Waals surface area contributed by atoms with E-state index in [4.69, 9.17) is 16.3 Å². The maximum absolute atomic E-state index is 12.6. The molecule has 0 bridgehead atoms. The molecular weight excluding hydrogens is 380 g/mol. The summed E-state index contributed by atoms with van der Waals surface area (Å²) in [7, 11) is 1.56. The first-order chi connectivity index (χ1) is 13.6. The lowest BCUT2D eigenvalue weighted by molar-refractivity contribution is -0.131. The van der Waals surface area contributed by atoms with Gasteiger partial charge in [0.25, 0.3) is 0 Å². The van der Waals surface area contributed by atoms with Crippen LogP contribution in [0.15, 0.2) is 36.4 Å². The summed E-state index contributed by atoms with van der Waals surface area (Å²) in [5.41, 5.74) is 1.73. The van der Waals surface area contributed by atoms with Crippen molar-refractivity contribution in [3.63, 3.8) is 0 Å². The van der Waals surface area contributed by atoms with Crippen molar-refractivity contribution in [1.82, 2.24) is 24.7 Å². The summed E-state index contributed by atoms with van der Waals surface area (Å²) < 4.78 is 6.77. The molecule has 2 aromatic heterocycles. The standard InChI is InChI=1S/C19H21ClN6O2/c1-28-18-7-5-16-21-22-17(26(16)23-18)6-8-19(27)25-11-9-24(10-12-25)15-4-2-3-14(20)13-15/h2-5,7,13H,6,8-12H2,1H3. The van der Waals surface area contributed by atoms with Gasteiger partial charge in [-0.05, 0) is 24.3 Å². The highest BCUT2D eigenvalue weighted by atomic mass is 35.5. The molecule has 1 aliphatic rings. The average Bonchev–Trinajstić information content (AvgIpc) is 3.14. The van der Waals surface area contributed by atoms with Crippen molar-refractivity contribution < 1.29 is 9.53 Å². The lowest BCUT2D eigenvalue weighted by Crippen LogP contribution is -2.48. The first-order valence-electron chi connectivity index (χ1n) is 9.17. The lowest BCUT2D eigenvalue weighted by Gasteiger charge is -2.36. The Balaban J connectivity index is 1.34. The number of fused-ring (bicyclic) bond motifs is 1. The van der Waals surface area contributed by atoms with Crippen LogP contribution >= 0.6 is 11.6 Å². The van der Waals surface area contributed by atoms with Crippen molar-refractivity contribution in [2.75, 3.05) is 38.2 Å². The number of nitrogens with zero attached hydrogens (tertiary/aromatic N) is 6. The monoisotopic (exact) mass is 400 g/mol. The van der Waals surface area contributed by atoms with Gasteiger partial charge in [-0.2, -0.15) is 4.52 Å². The number of carbonyl (C=O) groups is 1. The van der Waals surface area contributed by atoms with Crippen molar-refractivity contribution >= 4 is 28.8 Å². The summed E-state index contributed by atoms with van der Waals surface area (Å²) in [6.07, 6.45) is 0.853. The largest absolute Gasteiger partial charge is 0.480 e. The first-order valence-corrected chi connectivity index (χ1v) is 9.55. The number of rotatable bonds is 5. The molecule has 4 rings (SSSR count). The zero-order valence-corrected chi connectivity index (χ0v) is 16.3. The highest BCUT2D eigenvalue weighted by Gasteiger charge is 2.22. The van der Waals surface area contributed by atoms with E-state index >= 15 is 0 Å². The third-order valence-electron chi connectivity index (χ3n) is 4.88. The number of hydrogen-bond acceptors (Lipinski definition) is 6. The number of carbonyl (C=O) groups excluding carboxylic acids is 1. The molecule has 1 amide bonds. The summed E-state index contributed by atoms with van der Waals surface area (Å²) in [6.45, 7) is 2.97. The Morgan fingerprint density at radius 2 is 1.96 bits per heavy atom. The summed E-state index contributed by atoms with van der Waals surface area (Å²) in [4.78, 5) is 16.8. The Hall–Kier alpha value is -2.87. The van der Waals surface area contributed by atoms with Crippen LogP contribution in [0.5, 0.6) is 5.88 Å². The quantitative estimate of drug-likeness (QED) is 0.652. The molecule has 146 valence electrons. The zero-order valence-electron chi connectivity index (χ0n) is 15.6. The maximum Gasteiger partial charge on any atom is 0.231 e. The molecule has 0 aliphatic carbocycles. The van der Waals surface area contributed by atoms with E-state index < -0.39 is 0 Å². The summed E-state index contributed by atoms with van der Waals surface area (Å²) in [5, 5.41) is 13.3. The Kier molecular flexibility index (Phi) is 5.29. The number of aryl methyl sites for hydroxylation is 1. The van der Waals surface area contributed by atoms with Crippen molar-refractivity contribution in [1.29, 1.82) is 0 Å². The van der Waals surface area contributed by atoms with Gasteiger partial charge < -0.3 is 14.5 Å². The third kappa shape index (κ3) is 3.87. The topological polar surface area (TPSA) is 75.9 Å². The van der Waals surface area contributed by atoms with E-state index in [1.807, 2.05) is 29.2 Å². The molecule has 1 aromatic carbocycles. The fourth-order valence-electron chi connectivity index (χ4n) is 3.34. The molecule has 1 aliphatic heterocycles. The van der Waals surface area contributed by atoms with Gasteiger partial charge in [-0.25, -0.2) is 0 Å². The normalized spacial score (nSPS) is 14.5. The summed E-state index contributed by atoms with van der Waals surface area (Å²) in [6, 6.07) is 11.3. The number of halogens is 1. The van der Waals surface area contributed by atoms with Crippen molar-refractivity contribution in [3.05, 3.63) is 47.2 Å². The van der Waals surface area contributed by atoms with Gasteiger partial charge >= 0.3 is 0 Å². The summed E-state index contributed by atoms with van der Waals surface area (Å²) in [5.74, 6) is 1.25. The highest BCUT2D eigenvalue weighted by Crippen LogP contribution is 2.21. The lowest BCUT2D eigenvalue weighted by atomic mass is 10.2. The van der Waals surface area contributed by atoms with E-state index in [0.29, 0.717) is 43.3 Å². The highest BCUT2D eigenvalue weighted by molar-refractivity contribution is 6.30. The van der Waals surface area contributed by atoms with Crippen LogP contribution in [0.3, 0.4) is 0 Å². The van der Waals surface area contributed by atoms with Crippen LogP contribution in [0, 0.1) is 0 Å². The molecule has 1 fully saturated rings. The summed E-state index contributed by atoms with van der Waals surface area (Å²) >= 11 is 6.08. The van der Waals surface area contributed by atoms with Gasteiger partial charge in [-0.1, -0.05) is 17.7 Å². The molecule has 8 nitrogen and oxygen atoms in total. The van der Waals surface area contributed by atoms with Gasteiger partial charge in [0.15, 0.2) is 11.5 Å². The maximum atomic E-state index is 12.6. The first kappa shape index (κ1) is 18.5. The molecule has 0 atom stereocenters. The Labute approximate surface area is 167 Å². The van der Waals surface area contributed by atoms with Gasteiger partial charge in [0.1, 0.15) is 0 Å². The van der Waals surface area contributed by atoms with Crippen LogP contribution in [0.1, 0.15) is 12.2 Å². The SMILES string of the molecule is COc1ccc2nnc(CCC(=O)N3CCN(c4cccc(Cl)c4)CC3)n2n1. The Morgan fingerprint density at radius 3 is 2.71 bits per heavy atom. The number of benzene rings is 1. The number of amides is 1. The van der Waals surface area contributed by atoms with E-state index in [-0.39, 0.29) is 5.91 Å². The third-order valence-corrected chi connectivity index (χ3v) is 5.12. The van der Waals surface area contributed by atoms with Gasteiger partial charge in [-0.3, -0.25) is 4.79 Å². The smallest absolute Gasteiger partial charge is 0.231 e. The van der Waals surface area contributed by atoms with E-state index in [2.05, 4.69) is 20.2 Å². The van der Waals surface area contributed by atoms with Gasteiger partial charge in [-0.15, -0.1) is 15.3 Å². The van der Waals surface area contributed by atoms with Crippen LogP contribution in [-0.2, 0) is 11.2 Å². The average molecular weight is 401 g/mol. The fraction of sp³-hybridized carbons (Fsp3) is 0.368. The Morgan fingerprint density at radius 1 is 1.14 bits per heavy atom. The molecule has 0 N–H and O–H groups in total. The molecular formula is C19H21ClN6O2. The molecule has 0 spiro atoms. The predicted molar refractivity (Wildman–Crippen MR) is 106 cm³/mol. The van der Waals surface area contributed by atoms with Gasteiger partial charge in [0.2, 0.25) is 11.8 Å². The van der Waals surface area contributed by atoms with Crippen LogP contribution < -0.4 is 9.64 Å². The number of anilines is 1. The van der Waals surface area contributed by atoms with E-state index in [1.54, 1.807) is 23.8 Å². The number of piperazine rings is 1. The number of methoxy groups -OCH3 is 1. The van der Waals surface area contributed by atoms with Crippen LogP contribution in [-0.4, -0.2) is 63.9 Å². The molecule has 9 heteroatoms. The molecule has 0 unspecified atom stereocenters. The van der Waals surface area contributed by atoms with E-state index in [9.17, 15) is 4.79 Å². The molecule has 28 heavy (non-hydrogen) atoms. The predicted octanol–water partition coefficient (Wildman–Crippen LogP) is 2.07. The zero-order chi connectivity index (χ0) is 19.5. The van der Waals surface area contributed by atoms with Gasteiger partial charge in [0.05, 0.1) is 7.11 Å². The second kappa shape index (κ2) is 8.02. The van der Waals surface area contributed by atoms with Crippen LogP contribution in [0.2, 0.25) is 5.02 Å². The van der Waals surface area contributed by atoms with Gasteiger partial charge in [0, 0.05) is 55.8 Å². The van der Waals surface area contributed by atoms with Crippen molar-refractivity contribution in [3.8, 4) is 5.88 Å². The Bertz CT molecular complexity index is 983. The minimum Gasteiger partial charge on any atom is -0.480 e. The minimum absolute atomic E-state index is 0.116. The van der Waals surface area contributed by atoms with Crippen molar-refractivity contribution in [2.24, 2.45) is 0 Å². The molecule has 3 heterocycles. The van der Waals surface area contributed by atoms with Crippen molar-refractivity contribution in [2.45, 2.75) is 12.8 Å². The van der Waals surface area contributed by atoms with Crippen LogP contribution in [0.4, 0.5) is 5.69 Å². The molecule has 3 aromatic rings. The minimum atomic E-state index is 0.116. The molecule has 1 saturated heterocycles. The van der Waals surface area contributed by atoms with E-state index in [0.717, 1.165) is 23.8 Å². The second-order valence-electron chi connectivity index (χ2n) is 6.61. The molecule has 0 saturated carbocycles. The number of ether oxygens (including phenoxy) is 1. The second-order valence-corrected chi connectivity index (χ2v) is 7.05. The molecule has 0 radical (unpaired) electrons.